The summed E-state index contributed by atoms with van der Waals surface area (Å²) in [5.74, 6) is 3.78. The van der Waals surface area contributed by atoms with Crippen LogP contribution in [0.1, 0.15) is 25.7 Å². The summed E-state index contributed by atoms with van der Waals surface area (Å²) in [6.07, 6.45) is 9.44. The number of carbonyl (C=O) groups is 1. The molecule has 1 heterocycles. The van der Waals surface area contributed by atoms with Gasteiger partial charge in [0.15, 0.2) is 0 Å². The SMILES string of the molecule is C#CCOCC1CCN(C(=O)C2CC2)CC1. The number of ether oxygens (including phenoxy) is 1. The maximum absolute atomic E-state index is 11.8. The van der Waals surface area contributed by atoms with Crippen LogP contribution in [-0.2, 0) is 9.53 Å². The third-order valence-electron chi connectivity index (χ3n) is 3.39. The van der Waals surface area contributed by atoms with Gasteiger partial charge in [-0.2, -0.15) is 0 Å². The van der Waals surface area contributed by atoms with Gasteiger partial charge in [0.1, 0.15) is 6.61 Å². The van der Waals surface area contributed by atoms with Crippen molar-refractivity contribution in [1.29, 1.82) is 0 Å². The average molecular weight is 221 g/mol. The van der Waals surface area contributed by atoms with Crippen molar-refractivity contribution in [2.45, 2.75) is 25.7 Å². The van der Waals surface area contributed by atoms with Gasteiger partial charge in [0, 0.05) is 19.0 Å². The van der Waals surface area contributed by atoms with Gasteiger partial charge in [-0.15, -0.1) is 6.42 Å². The summed E-state index contributed by atoms with van der Waals surface area (Å²) in [5.41, 5.74) is 0. The summed E-state index contributed by atoms with van der Waals surface area (Å²) in [6, 6.07) is 0. The molecule has 3 heteroatoms. The van der Waals surface area contributed by atoms with E-state index in [1.54, 1.807) is 0 Å². The number of piperidine rings is 1. The lowest BCUT2D eigenvalue weighted by Crippen LogP contribution is -2.40. The first-order chi connectivity index (χ1) is 7.81. The molecule has 0 N–H and O–H groups in total. The van der Waals surface area contributed by atoms with Crippen molar-refractivity contribution in [2.24, 2.45) is 11.8 Å². The molecule has 2 aliphatic rings. The normalized spacial score (nSPS) is 21.8. The van der Waals surface area contributed by atoms with Gasteiger partial charge in [0.05, 0.1) is 6.61 Å². The quantitative estimate of drug-likeness (QED) is 0.529. The number of carbonyl (C=O) groups excluding carboxylic acids is 1. The third kappa shape index (κ3) is 2.99. The summed E-state index contributed by atoms with van der Waals surface area (Å²) in [6.45, 7) is 2.95. The summed E-state index contributed by atoms with van der Waals surface area (Å²) < 4.78 is 5.34. The lowest BCUT2D eigenvalue weighted by Gasteiger charge is -2.31. The van der Waals surface area contributed by atoms with Crippen LogP contribution in [0.5, 0.6) is 0 Å². The number of likely N-dealkylation sites (tertiary alicyclic amines) is 1. The molecule has 1 saturated heterocycles. The van der Waals surface area contributed by atoms with Crippen molar-refractivity contribution < 1.29 is 9.53 Å². The van der Waals surface area contributed by atoms with Crippen molar-refractivity contribution in [3.8, 4) is 12.3 Å². The highest BCUT2D eigenvalue weighted by Gasteiger charge is 2.34. The zero-order valence-corrected chi connectivity index (χ0v) is 9.65. The summed E-state index contributed by atoms with van der Waals surface area (Å²) in [5, 5.41) is 0. The Hall–Kier alpha value is -1.01. The highest BCUT2D eigenvalue weighted by Crippen LogP contribution is 2.32. The minimum absolute atomic E-state index is 0.356. The monoisotopic (exact) mass is 221 g/mol. The fourth-order valence-corrected chi connectivity index (χ4v) is 2.19. The van der Waals surface area contributed by atoms with E-state index in [-0.39, 0.29) is 0 Å². The summed E-state index contributed by atoms with van der Waals surface area (Å²) >= 11 is 0. The van der Waals surface area contributed by atoms with Crippen LogP contribution in [0.15, 0.2) is 0 Å². The average Bonchev–Trinajstić information content (AvgIpc) is 3.13. The first kappa shape index (κ1) is 11.5. The van der Waals surface area contributed by atoms with Gasteiger partial charge < -0.3 is 9.64 Å². The van der Waals surface area contributed by atoms with Crippen LogP contribution in [-0.4, -0.2) is 37.1 Å². The molecule has 1 aliphatic heterocycles. The topological polar surface area (TPSA) is 29.5 Å². The predicted molar refractivity (Wildman–Crippen MR) is 61.7 cm³/mol. The van der Waals surface area contributed by atoms with Gasteiger partial charge in [-0.25, -0.2) is 0 Å². The number of hydrogen-bond donors (Lipinski definition) is 0. The van der Waals surface area contributed by atoms with Crippen molar-refractivity contribution in [2.75, 3.05) is 26.3 Å². The van der Waals surface area contributed by atoms with Crippen molar-refractivity contribution in [1.82, 2.24) is 4.90 Å². The van der Waals surface area contributed by atoms with Crippen LogP contribution in [0.25, 0.3) is 0 Å². The molecule has 2 rings (SSSR count). The van der Waals surface area contributed by atoms with Gasteiger partial charge >= 0.3 is 0 Å². The van der Waals surface area contributed by atoms with Crippen molar-refractivity contribution in [3.05, 3.63) is 0 Å². The van der Waals surface area contributed by atoms with Crippen LogP contribution in [0.3, 0.4) is 0 Å². The lowest BCUT2D eigenvalue weighted by molar-refractivity contribution is -0.134. The fourth-order valence-electron chi connectivity index (χ4n) is 2.19. The molecule has 0 spiro atoms. The second kappa shape index (κ2) is 5.36. The maximum atomic E-state index is 11.8. The molecular weight excluding hydrogens is 202 g/mol. The van der Waals surface area contributed by atoms with E-state index in [0.29, 0.717) is 24.3 Å². The van der Waals surface area contributed by atoms with Gasteiger partial charge in [-0.3, -0.25) is 4.79 Å². The highest BCUT2D eigenvalue weighted by atomic mass is 16.5. The zero-order chi connectivity index (χ0) is 11.4. The standard InChI is InChI=1S/C13H19NO2/c1-2-9-16-10-11-5-7-14(8-6-11)13(15)12-3-4-12/h1,11-12H,3-10H2. The lowest BCUT2D eigenvalue weighted by atomic mass is 9.97. The number of amides is 1. The van der Waals surface area contributed by atoms with Crippen molar-refractivity contribution in [3.63, 3.8) is 0 Å². The molecular formula is C13H19NO2. The third-order valence-corrected chi connectivity index (χ3v) is 3.39. The van der Waals surface area contributed by atoms with E-state index in [1.807, 2.05) is 4.90 Å². The zero-order valence-electron chi connectivity index (χ0n) is 9.65. The van der Waals surface area contributed by atoms with E-state index >= 15 is 0 Å². The van der Waals surface area contributed by atoms with Crippen LogP contribution in [0.4, 0.5) is 0 Å². The molecule has 88 valence electrons. The van der Waals surface area contributed by atoms with Gasteiger partial charge in [0.2, 0.25) is 5.91 Å². The molecule has 0 aromatic rings. The Morgan fingerprint density at radius 1 is 1.31 bits per heavy atom. The number of rotatable bonds is 4. The van der Waals surface area contributed by atoms with Crippen molar-refractivity contribution >= 4 is 5.91 Å². The molecule has 2 fully saturated rings. The number of nitrogens with zero attached hydrogens (tertiary/aromatic N) is 1. The molecule has 16 heavy (non-hydrogen) atoms. The predicted octanol–water partition coefficient (Wildman–Crippen LogP) is 1.28. The molecule has 1 saturated carbocycles. The highest BCUT2D eigenvalue weighted by molar-refractivity contribution is 5.81. The largest absolute Gasteiger partial charge is 0.369 e. The number of hydrogen-bond acceptors (Lipinski definition) is 2. The molecule has 0 radical (unpaired) electrons. The fraction of sp³-hybridized carbons (Fsp3) is 0.769. The molecule has 1 amide bonds. The Morgan fingerprint density at radius 2 is 2.00 bits per heavy atom. The Balaban J connectivity index is 1.66. The van der Waals surface area contributed by atoms with Crippen LogP contribution >= 0.6 is 0 Å². The van der Waals surface area contributed by atoms with Gasteiger partial charge in [-0.05, 0) is 31.6 Å². The molecule has 0 unspecified atom stereocenters. The van der Waals surface area contributed by atoms with E-state index < -0.39 is 0 Å². The second-order valence-corrected chi connectivity index (χ2v) is 4.76. The molecule has 0 bridgehead atoms. The molecule has 0 aromatic heterocycles. The Morgan fingerprint density at radius 3 is 2.56 bits per heavy atom. The Labute approximate surface area is 97.1 Å². The molecule has 1 aliphatic carbocycles. The second-order valence-electron chi connectivity index (χ2n) is 4.76. The molecule has 0 atom stereocenters. The van der Waals surface area contributed by atoms with E-state index in [2.05, 4.69) is 5.92 Å². The minimum atomic E-state index is 0.356. The van der Waals surface area contributed by atoms with Crippen LogP contribution < -0.4 is 0 Å². The summed E-state index contributed by atoms with van der Waals surface area (Å²) in [7, 11) is 0. The summed E-state index contributed by atoms with van der Waals surface area (Å²) in [4.78, 5) is 13.8. The van der Waals surface area contributed by atoms with E-state index in [1.165, 1.54) is 0 Å². The van der Waals surface area contributed by atoms with Crippen LogP contribution in [0.2, 0.25) is 0 Å². The van der Waals surface area contributed by atoms with E-state index in [4.69, 9.17) is 11.2 Å². The first-order valence-corrected chi connectivity index (χ1v) is 6.11. The maximum Gasteiger partial charge on any atom is 0.225 e. The van der Waals surface area contributed by atoms with Gasteiger partial charge in [0.25, 0.3) is 0 Å². The molecule has 3 nitrogen and oxygen atoms in total. The number of terminal acetylenes is 1. The minimum Gasteiger partial charge on any atom is -0.369 e. The van der Waals surface area contributed by atoms with Crippen LogP contribution in [0, 0.1) is 24.2 Å². The smallest absolute Gasteiger partial charge is 0.225 e. The Kier molecular flexibility index (Phi) is 3.84. The first-order valence-electron chi connectivity index (χ1n) is 6.11. The molecule has 0 aromatic carbocycles. The Bertz CT molecular complexity index is 283. The van der Waals surface area contributed by atoms with E-state index in [0.717, 1.165) is 45.4 Å². The van der Waals surface area contributed by atoms with Gasteiger partial charge in [-0.1, -0.05) is 5.92 Å². The van der Waals surface area contributed by atoms with E-state index in [9.17, 15) is 4.79 Å².